The van der Waals surface area contributed by atoms with Crippen molar-refractivity contribution in [3.8, 4) is 0 Å². The van der Waals surface area contributed by atoms with E-state index >= 15 is 0 Å². The third-order valence-electron chi connectivity index (χ3n) is 2.27. The highest BCUT2D eigenvalue weighted by molar-refractivity contribution is 5.93. The van der Waals surface area contributed by atoms with Crippen LogP contribution in [0.5, 0.6) is 0 Å². The molecule has 2 rings (SSSR count). The molecule has 0 radical (unpaired) electrons. The van der Waals surface area contributed by atoms with Crippen molar-refractivity contribution in [1.29, 1.82) is 0 Å². The van der Waals surface area contributed by atoms with Crippen molar-refractivity contribution in [2.24, 2.45) is 0 Å². The van der Waals surface area contributed by atoms with Gasteiger partial charge in [0.05, 0.1) is 6.54 Å². The van der Waals surface area contributed by atoms with Crippen molar-refractivity contribution < 1.29 is 9.21 Å². The Hall–Kier alpha value is -2.44. The average Bonchev–Trinajstić information content (AvgIpc) is 2.72. The molecule has 0 saturated carbocycles. The number of carbonyl (C=O) groups is 1. The third-order valence-corrected chi connectivity index (χ3v) is 2.27. The monoisotopic (exact) mass is 248 g/mol. The number of aromatic amines is 1. The Bertz CT molecular complexity index is 629. The maximum absolute atomic E-state index is 11.7. The first-order chi connectivity index (χ1) is 8.56. The van der Waals surface area contributed by atoms with Gasteiger partial charge in [-0.15, -0.1) is 10.2 Å². The molecular weight excluding hydrogens is 236 g/mol. The number of nitrogens with zero attached hydrogens (tertiary/aromatic N) is 2. The Morgan fingerprint density at radius 1 is 1.39 bits per heavy atom. The maximum atomic E-state index is 11.7. The molecule has 2 heterocycles. The number of rotatable bonds is 3. The lowest BCUT2D eigenvalue weighted by Crippen LogP contribution is -2.29. The van der Waals surface area contributed by atoms with Gasteiger partial charge in [-0.25, -0.2) is 0 Å². The van der Waals surface area contributed by atoms with Crippen LogP contribution < -0.4 is 10.9 Å². The summed E-state index contributed by atoms with van der Waals surface area (Å²) in [5.41, 5.74) is 0.329. The van der Waals surface area contributed by atoms with Crippen LogP contribution in [0.1, 0.15) is 27.8 Å². The molecule has 2 aromatic rings. The van der Waals surface area contributed by atoms with E-state index in [0.717, 1.165) is 0 Å². The summed E-state index contributed by atoms with van der Waals surface area (Å²) >= 11 is 0. The summed E-state index contributed by atoms with van der Waals surface area (Å²) in [5, 5.41) is 9.89. The van der Waals surface area contributed by atoms with Crippen molar-refractivity contribution in [3.63, 3.8) is 0 Å². The fourth-order valence-electron chi connectivity index (χ4n) is 1.41. The van der Waals surface area contributed by atoms with Gasteiger partial charge in [0.25, 0.3) is 11.5 Å². The van der Waals surface area contributed by atoms with E-state index in [-0.39, 0.29) is 12.1 Å². The van der Waals surface area contributed by atoms with Crippen molar-refractivity contribution in [1.82, 2.24) is 20.5 Å². The highest BCUT2D eigenvalue weighted by Gasteiger charge is 2.11. The molecule has 0 fully saturated rings. The first-order valence-electron chi connectivity index (χ1n) is 5.33. The predicted octanol–water partition coefficient (Wildman–Crippen LogP) is 0.305. The van der Waals surface area contributed by atoms with Gasteiger partial charge >= 0.3 is 0 Å². The van der Waals surface area contributed by atoms with Gasteiger partial charge in [-0.1, -0.05) is 0 Å². The minimum atomic E-state index is -0.480. The lowest BCUT2D eigenvalue weighted by molar-refractivity contribution is 0.0945. The zero-order valence-corrected chi connectivity index (χ0v) is 9.98. The minimum absolute atomic E-state index is 0.0526. The number of hydrogen-bond donors (Lipinski definition) is 2. The van der Waals surface area contributed by atoms with Gasteiger partial charge in [-0.2, -0.15) is 0 Å². The van der Waals surface area contributed by atoms with Crippen LogP contribution in [0.3, 0.4) is 0 Å². The molecule has 18 heavy (non-hydrogen) atoms. The van der Waals surface area contributed by atoms with E-state index in [1.807, 2.05) is 0 Å². The van der Waals surface area contributed by atoms with Gasteiger partial charge in [0.1, 0.15) is 5.56 Å². The fourth-order valence-corrected chi connectivity index (χ4v) is 1.41. The second-order valence-corrected chi connectivity index (χ2v) is 3.78. The largest absolute Gasteiger partial charge is 0.424 e. The van der Waals surface area contributed by atoms with Crippen LogP contribution in [0, 0.1) is 13.8 Å². The zero-order chi connectivity index (χ0) is 13.1. The van der Waals surface area contributed by atoms with E-state index in [1.165, 1.54) is 6.07 Å². The normalized spacial score (nSPS) is 10.3. The second-order valence-electron chi connectivity index (χ2n) is 3.78. The summed E-state index contributed by atoms with van der Waals surface area (Å²) in [6, 6.07) is 3.13. The number of pyridine rings is 1. The van der Waals surface area contributed by atoms with Crippen LogP contribution in [0.4, 0.5) is 0 Å². The molecule has 0 aromatic carbocycles. The lowest BCUT2D eigenvalue weighted by Gasteiger charge is -2.02. The molecule has 0 saturated heterocycles. The highest BCUT2D eigenvalue weighted by Crippen LogP contribution is 1.98. The van der Waals surface area contributed by atoms with Crippen LogP contribution in [0.2, 0.25) is 0 Å². The van der Waals surface area contributed by atoms with Gasteiger partial charge in [0, 0.05) is 12.6 Å². The number of carbonyl (C=O) groups excluding carboxylic acids is 1. The summed E-state index contributed by atoms with van der Waals surface area (Å²) in [6.45, 7) is 3.49. The molecule has 0 bridgehead atoms. The van der Waals surface area contributed by atoms with E-state index in [2.05, 4.69) is 20.5 Å². The van der Waals surface area contributed by atoms with Crippen LogP contribution in [0.25, 0.3) is 0 Å². The van der Waals surface area contributed by atoms with Crippen LogP contribution in [-0.4, -0.2) is 21.1 Å². The Morgan fingerprint density at radius 3 is 2.78 bits per heavy atom. The predicted molar refractivity (Wildman–Crippen MR) is 62.0 cm³/mol. The number of aryl methyl sites for hydroxylation is 2. The zero-order valence-electron chi connectivity index (χ0n) is 9.98. The van der Waals surface area contributed by atoms with E-state index in [1.54, 1.807) is 19.9 Å². The molecule has 0 atom stereocenters. The lowest BCUT2D eigenvalue weighted by atomic mass is 10.2. The number of amides is 1. The van der Waals surface area contributed by atoms with Gasteiger partial charge in [0.15, 0.2) is 0 Å². The minimum Gasteiger partial charge on any atom is -0.424 e. The molecule has 0 aliphatic carbocycles. The fraction of sp³-hybridized carbons (Fsp3) is 0.273. The van der Waals surface area contributed by atoms with Gasteiger partial charge in [0.2, 0.25) is 11.8 Å². The summed E-state index contributed by atoms with van der Waals surface area (Å²) in [4.78, 5) is 25.8. The smallest absolute Gasteiger partial charge is 0.260 e. The Balaban J connectivity index is 2.06. The first-order valence-corrected chi connectivity index (χ1v) is 5.33. The molecule has 0 unspecified atom stereocenters. The van der Waals surface area contributed by atoms with Crippen molar-refractivity contribution in [2.75, 3.05) is 0 Å². The van der Waals surface area contributed by atoms with Crippen LogP contribution in [0.15, 0.2) is 21.3 Å². The summed E-state index contributed by atoms with van der Waals surface area (Å²) in [5.74, 6) is 0.240. The van der Waals surface area contributed by atoms with Gasteiger partial charge < -0.3 is 14.7 Å². The molecule has 7 nitrogen and oxygen atoms in total. The molecule has 2 aromatic heterocycles. The molecular formula is C11H12N4O3. The molecule has 7 heteroatoms. The summed E-state index contributed by atoms with van der Waals surface area (Å²) in [7, 11) is 0. The first kappa shape index (κ1) is 12.0. The summed E-state index contributed by atoms with van der Waals surface area (Å²) < 4.78 is 5.10. The molecule has 94 valence electrons. The van der Waals surface area contributed by atoms with E-state index < -0.39 is 11.5 Å². The molecule has 0 aliphatic heterocycles. The Kier molecular flexibility index (Phi) is 3.22. The number of aromatic nitrogens is 3. The number of nitrogens with one attached hydrogen (secondary N) is 2. The van der Waals surface area contributed by atoms with Crippen LogP contribution in [-0.2, 0) is 6.54 Å². The highest BCUT2D eigenvalue weighted by atomic mass is 16.4. The topological polar surface area (TPSA) is 101 Å². The van der Waals surface area contributed by atoms with E-state index in [9.17, 15) is 9.59 Å². The molecule has 2 N–H and O–H groups in total. The second kappa shape index (κ2) is 4.82. The van der Waals surface area contributed by atoms with E-state index in [0.29, 0.717) is 17.5 Å². The molecule has 0 spiro atoms. The van der Waals surface area contributed by atoms with Gasteiger partial charge in [-0.05, 0) is 19.1 Å². The number of hydrogen-bond acceptors (Lipinski definition) is 5. The van der Waals surface area contributed by atoms with Crippen molar-refractivity contribution in [2.45, 2.75) is 20.4 Å². The SMILES string of the molecule is Cc1ccc(C(=O)NCc2nnc(C)o2)c(=O)[nH]1. The summed E-state index contributed by atoms with van der Waals surface area (Å²) in [6.07, 6.45) is 0. The van der Waals surface area contributed by atoms with Crippen molar-refractivity contribution in [3.05, 3.63) is 45.5 Å². The Labute approximate surface area is 102 Å². The van der Waals surface area contributed by atoms with Gasteiger partial charge in [-0.3, -0.25) is 9.59 Å². The standard InChI is InChI=1S/C11H12N4O3/c1-6-3-4-8(11(17)13-6)10(16)12-5-9-15-14-7(2)18-9/h3-4H,5H2,1-2H3,(H,12,16)(H,13,17). The maximum Gasteiger partial charge on any atom is 0.260 e. The quantitative estimate of drug-likeness (QED) is 0.813. The average molecular weight is 248 g/mol. The van der Waals surface area contributed by atoms with E-state index in [4.69, 9.17) is 4.42 Å². The number of H-pyrrole nitrogens is 1. The van der Waals surface area contributed by atoms with Crippen LogP contribution >= 0.6 is 0 Å². The Morgan fingerprint density at radius 2 is 2.17 bits per heavy atom. The molecule has 1 amide bonds. The van der Waals surface area contributed by atoms with Crippen molar-refractivity contribution >= 4 is 5.91 Å². The molecule has 0 aliphatic rings. The third kappa shape index (κ3) is 2.62.